The highest BCUT2D eigenvalue weighted by Crippen LogP contribution is 2.48. The summed E-state index contributed by atoms with van der Waals surface area (Å²) < 4.78 is 16.9. The molecule has 8 nitrogen and oxygen atoms in total. The van der Waals surface area contributed by atoms with Gasteiger partial charge in [-0.15, -0.1) is 4.91 Å². The number of halogens is 1. The molecule has 2 aromatic carbocycles. The van der Waals surface area contributed by atoms with Gasteiger partial charge in [-0.2, -0.15) is 0 Å². The zero-order valence-corrected chi connectivity index (χ0v) is 18.0. The summed E-state index contributed by atoms with van der Waals surface area (Å²) in [6.07, 6.45) is 1.62. The Morgan fingerprint density at radius 2 is 1.93 bits per heavy atom. The molecule has 0 aromatic heterocycles. The quantitative estimate of drug-likeness (QED) is 0.386. The molecular weight excluding hydrogens is 456 g/mol. The van der Waals surface area contributed by atoms with Crippen molar-refractivity contribution in [2.45, 2.75) is 32.4 Å². The van der Waals surface area contributed by atoms with E-state index >= 15 is 0 Å². The first-order valence-electron chi connectivity index (χ1n) is 9.65. The Balaban J connectivity index is 1.76. The van der Waals surface area contributed by atoms with Crippen molar-refractivity contribution in [1.82, 2.24) is 4.90 Å². The van der Waals surface area contributed by atoms with Gasteiger partial charge >= 0.3 is 6.09 Å². The fourth-order valence-corrected chi connectivity index (χ4v) is 3.70. The van der Waals surface area contributed by atoms with Crippen LogP contribution in [0.3, 0.4) is 0 Å². The van der Waals surface area contributed by atoms with Gasteiger partial charge in [-0.05, 0) is 52.0 Å². The van der Waals surface area contributed by atoms with Crippen LogP contribution in [0, 0.1) is 4.91 Å². The van der Waals surface area contributed by atoms with Crippen LogP contribution in [-0.4, -0.2) is 36.0 Å². The van der Waals surface area contributed by atoms with Crippen LogP contribution in [0.5, 0.6) is 11.5 Å². The third kappa shape index (κ3) is 5.48. The number of aliphatic hydroxyl groups is 1. The Morgan fingerprint density at radius 3 is 2.67 bits per heavy atom. The minimum atomic E-state index is -0.492. The second kappa shape index (κ2) is 10.9. The molecule has 30 heavy (non-hydrogen) atoms. The van der Waals surface area contributed by atoms with E-state index in [9.17, 15) is 9.70 Å². The van der Waals surface area contributed by atoms with Gasteiger partial charge in [0.15, 0.2) is 17.2 Å². The van der Waals surface area contributed by atoms with Crippen LogP contribution in [0.4, 0.5) is 10.5 Å². The van der Waals surface area contributed by atoms with Crippen LogP contribution >= 0.6 is 15.9 Å². The van der Waals surface area contributed by atoms with E-state index in [1.54, 1.807) is 6.07 Å². The maximum Gasteiger partial charge on any atom is 0.410 e. The SMILES string of the molecule is O=Nc1c(CN(CCCCCO)C(=O)OCc2ccccc2)cc(Br)c2c1OCO2. The zero-order chi connectivity index (χ0) is 21.3. The molecule has 3 rings (SSSR count). The molecule has 0 atom stereocenters. The summed E-state index contributed by atoms with van der Waals surface area (Å²) in [6, 6.07) is 11.1. The van der Waals surface area contributed by atoms with Gasteiger partial charge in [-0.3, -0.25) is 0 Å². The molecule has 1 aliphatic rings. The first-order valence-corrected chi connectivity index (χ1v) is 10.4. The molecule has 0 aliphatic carbocycles. The van der Waals surface area contributed by atoms with Crippen molar-refractivity contribution in [3.8, 4) is 11.5 Å². The second-order valence-electron chi connectivity index (χ2n) is 6.77. The number of hydrogen-bond donors (Lipinski definition) is 1. The Labute approximate surface area is 182 Å². The van der Waals surface area contributed by atoms with Crippen molar-refractivity contribution in [1.29, 1.82) is 0 Å². The normalized spacial score (nSPS) is 11.9. The largest absolute Gasteiger partial charge is 0.452 e. The van der Waals surface area contributed by atoms with Crippen LogP contribution in [0.15, 0.2) is 46.0 Å². The maximum absolute atomic E-state index is 12.8. The van der Waals surface area contributed by atoms with Crippen LogP contribution in [0.1, 0.15) is 30.4 Å². The molecule has 0 saturated carbocycles. The number of fused-ring (bicyclic) bond motifs is 1. The van der Waals surface area contributed by atoms with Gasteiger partial charge in [-0.1, -0.05) is 30.3 Å². The number of aliphatic hydroxyl groups excluding tert-OH is 1. The molecule has 0 spiro atoms. The highest BCUT2D eigenvalue weighted by Gasteiger charge is 2.27. The average molecular weight is 479 g/mol. The highest BCUT2D eigenvalue weighted by molar-refractivity contribution is 9.10. The minimum absolute atomic E-state index is 0.00387. The Morgan fingerprint density at radius 1 is 1.17 bits per heavy atom. The lowest BCUT2D eigenvalue weighted by atomic mass is 10.1. The van der Waals surface area contributed by atoms with Gasteiger partial charge in [0.25, 0.3) is 0 Å². The maximum atomic E-state index is 12.8. The molecule has 0 saturated heterocycles. The van der Waals surface area contributed by atoms with E-state index in [2.05, 4.69) is 21.1 Å². The number of nitroso groups, excluding NO2 is 1. The van der Waals surface area contributed by atoms with Gasteiger partial charge in [0, 0.05) is 18.7 Å². The number of ether oxygens (including phenoxy) is 3. The van der Waals surface area contributed by atoms with Crippen LogP contribution in [0.2, 0.25) is 0 Å². The van der Waals surface area contributed by atoms with Crippen molar-refractivity contribution >= 4 is 27.7 Å². The fraction of sp³-hybridized carbons (Fsp3) is 0.381. The number of benzene rings is 2. The lowest BCUT2D eigenvalue weighted by Crippen LogP contribution is -2.32. The second-order valence-corrected chi connectivity index (χ2v) is 7.62. The van der Waals surface area contributed by atoms with Crippen LogP contribution in [0.25, 0.3) is 0 Å². The van der Waals surface area contributed by atoms with Crippen LogP contribution in [-0.2, 0) is 17.9 Å². The molecule has 0 bridgehead atoms. The average Bonchev–Trinajstić information content (AvgIpc) is 3.25. The number of hydrogen-bond acceptors (Lipinski definition) is 7. The smallest absolute Gasteiger partial charge is 0.410 e. The van der Waals surface area contributed by atoms with Crippen molar-refractivity contribution in [3.63, 3.8) is 0 Å². The van der Waals surface area contributed by atoms with Gasteiger partial charge < -0.3 is 24.2 Å². The molecule has 0 radical (unpaired) electrons. The third-order valence-corrected chi connectivity index (χ3v) is 5.24. The lowest BCUT2D eigenvalue weighted by molar-refractivity contribution is 0.0928. The van der Waals surface area contributed by atoms with E-state index in [0.29, 0.717) is 35.2 Å². The molecule has 160 valence electrons. The molecule has 1 N–H and O–H groups in total. The van der Waals surface area contributed by atoms with E-state index < -0.39 is 6.09 Å². The number of carbonyl (C=O) groups is 1. The zero-order valence-electron chi connectivity index (χ0n) is 16.4. The van der Waals surface area contributed by atoms with Gasteiger partial charge in [-0.25, -0.2) is 4.79 Å². The molecule has 1 amide bonds. The van der Waals surface area contributed by atoms with E-state index in [4.69, 9.17) is 19.3 Å². The molecular formula is C21H23BrN2O6. The number of amides is 1. The van der Waals surface area contributed by atoms with E-state index in [1.807, 2.05) is 30.3 Å². The lowest BCUT2D eigenvalue weighted by Gasteiger charge is -2.23. The van der Waals surface area contributed by atoms with Crippen molar-refractivity contribution in [3.05, 3.63) is 56.9 Å². The summed E-state index contributed by atoms with van der Waals surface area (Å²) in [5.74, 6) is 0.696. The molecule has 1 aliphatic heterocycles. The first kappa shape index (κ1) is 22.0. The summed E-state index contributed by atoms with van der Waals surface area (Å²) in [5.41, 5.74) is 1.52. The molecule has 2 aromatic rings. The topological polar surface area (TPSA) is 97.7 Å². The number of rotatable bonds is 10. The van der Waals surface area contributed by atoms with Gasteiger partial charge in [0.1, 0.15) is 6.61 Å². The fourth-order valence-electron chi connectivity index (χ4n) is 3.13. The van der Waals surface area contributed by atoms with Crippen molar-refractivity contribution in [2.75, 3.05) is 19.9 Å². The highest BCUT2D eigenvalue weighted by atomic mass is 79.9. The summed E-state index contributed by atoms with van der Waals surface area (Å²) >= 11 is 3.41. The molecule has 0 fully saturated rings. The summed E-state index contributed by atoms with van der Waals surface area (Å²) in [7, 11) is 0. The first-order chi connectivity index (χ1) is 14.6. The van der Waals surface area contributed by atoms with Gasteiger partial charge in [0.2, 0.25) is 6.79 Å². The number of unbranched alkanes of at least 4 members (excludes halogenated alkanes) is 2. The van der Waals surface area contributed by atoms with E-state index in [0.717, 1.165) is 12.0 Å². The monoisotopic (exact) mass is 478 g/mol. The number of nitrogens with zero attached hydrogens (tertiary/aromatic N) is 2. The summed E-state index contributed by atoms with van der Waals surface area (Å²) in [5, 5.41) is 12.1. The van der Waals surface area contributed by atoms with Crippen molar-refractivity contribution < 1.29 is 24.1 Å². The Hall–Kier alpha value is -2.65. The van der Waals surface area contributed by atoms with Gasteiger partial charge in [0.05, 0.1) is 11.0 Å². The summed E-state index contributed by atoms with van der Waals surface area (Å²) in [4.78, 5) is 25.8. The minimum Gasteiger partial charge on any atom is -0.452 e. The predicted octanol–water partition coefficient (Wildman–Crippen LogP) is 4.88. The van der Waals surface area contributed by atoms with E-state index in [1.165, 1.54) is 4.90 Å². The summed E-state index contributed by atoms with van der Waals surface area (Å²) in [6.45, 7) is 0.800. The number of carbonyl (C=O) groups excluding carboxylic acids is 1. The molecule has 1 heterocycles. The predicted molar refractivity (Wildman–Crippen MR) is 114 cm³/mol. The van der Waals surface area contributed by atoms with E-state index in [-0.39, 0.29) is 38.0 Å². The molecule has 9 heteroatoms. The molecule has 0 unspecified atom stereocenters. The van der Waals surface area contributed by atoms with Crippen molar-refractivity contribution in [2.24, 2.45) is 5.18 Å². The van der Waals surface area contributed by atoms with Crippen LogP contribution < -0.4 is 9.47 Å². The Bertz CT molecular complexity index is 878. The third-order valence-electron chi connectivity index (χ3n) is 4.65. The Kier molecular flexibility index (Phi) is 8.04. The standard InChI is InChI=1S/C21H23BrN2O6/c22-17-11-16(18(23-27)20-19(17)29-14-30-20)12-24(9-5-2-6-10-25)21(26)28-13-15-7-3-1-4-8-15/h1,3-4,7-8,11,25H,2,5-6,9-10,12-14H2.